The minimum absolute atomic E-state index is 0.0185. The van der Waals surface area contributed by atoms with E-state index >= 15 is 0 Å². The molecule has 1 N–H and O–H groups in total. The van der Waals surface area contributed by atoms with Gasteiger partial charge in [0.15, 0.2) is 0 Å². The van der Waals surface area contributed by atoms with Crippen LogP contribution in [0, 0.1) is 11.3 Å². The average molecular weight is 316 g/mol. The monoisotopic (exact) mass is 316 g/mol. The molecule has 3 fully saturated rings. The van der Waals surface area contributed by atoms with Gasteiger partial charge in [-0.3, -0.25) is 4.79 Å². The van der Waals surface area contributed by atoms with Crippen molar-refractivity contribution in [3.8, 4) is 0 Å². The minimum atomic E-state index is -3.52. The van der Waals surface area contributed by atoms with Gasteiger partial charge in [-0.1, -0.05) is 12.8 Å². The van der Waals surface area contributed by atoms with Gasteiger partial charge in [-0.2, -0.15) is 17.0 Å². The molecule has 1 saturated carbocycles. The molecular weight excluding hydrogens is 292 g/mol. The van der Waals surface area contributed by atoms with Crippen molar-refractivity contribution < 1.29 is 18.3 Å². The second-order valence-corrected chi connectivity index (χ2v) is 8.69. The van der Waals surface area contributed by atoms with Crippen LogP contribution in [-0.2, 0) is 15.0 Å². The first kappa shape index (κ1) is 15.2. The quantitative estimate of drug-likeness (QED) is 0.851. The summed E-state index contributed by atoms with van der Waals surface area (Å²) < 4.78 is 28.7. The van der Waals surface area contributed by atoms with Crippen molar-refractivity contribution in [3.63, 3.8) is 0 Å². The van der Waals surface area contributed by atoms with Gasteiger partial charge in [0.1, 0.15) is 0 Å². The lowest BCUT2D eigenvalue weighted by Crippen LogP contribution is -2.49. The molecule has 2 saturated heterocycles. The Morgan fingerprint density at radius 3 is 2.62 bits per heavy atom. The van der Waals surface area contributed by atoms with Gasteiger partial charge in [0, 0.05) is 25.7 Å². The predicted octanol–water partition coefficient (Wildman–Crippen LogP) is 1.29. The Morgan fingerprint density at radius 1 is 1.24 bits per heavy atom. The standard InChI is InChI=1S/C14H24N2O4S/c1-11-5-2-3-8-16(11)21(19,20)15-9-12-6-4-7-14(12,10-15)13(17)18/h11-12H,2-10H2,1H3,(H,17,18)/t11?,12-,14+/m0/s1. The van der Waals surface area contributed by atoms with E-state index in [1.165, 1.54) is 4.31 Å². The van der Waals surface area contributed by atoms with Crippen molar-refractivity contribution in [1.29, 1.82) is 0 Å². The number of carbonyl (C=O) groups is 1. The van der Waals surface area contributed by atoms with Gasteiger partial charge in [0.2, 0.25) is 0 Å². The normalized spacial score (nSPS) is 38.5. The molecule has 2 aliphatic heterocycles. The largest absolute Gasteiger partial charge is 0.481 e. The smallest absolute Gasteiger partial charge is 0.311 e. The summed E-state index contributed by atoms with van der Waals surface area (Å²) in [6.07, 6.45) is 5.17. The van der Waals surface area contributed by atoms with Gasteiger partial charge >= 0.3 is 5.97 Å². The van der Waals surface area contributed by atoms with Crippen molar-refractivity contribution in [1.82, 2.24) is 8.61 Å². The minimum Gasteiger partial charge on any atom is -0.481 e. The molecule has 0 aromatic carbocycles. The number of fused-ring (bicyclic) bond motifs is 1. The Balaban J connectivity index is 1.83. The molecule has 0 aromatic rings. The van der Waals surface area contributed by atoms with Crippen LogP contribution in [0.2, 0.25) is 0 Å². The van der Waals surface area contributed by atoms with E-state index in [9.17, 15) is 18.3 Å². The fourth-order valence-corrected chi connectivity index (χ4v) is 6.31. The third-order valence-electron chi connectivity index (χ3n) is 5.63. The summed E-state index contributed by atoms with van der Waals surface area (Å²) in [6, 6.07) is 0.0185. The number of carboxylic acid groups (broad SMARTS) is 1. The van der Waals surface area contributed by atoms with Crippen LogP contribution in [-0.4, -0.2) is 53.8 Å². The summed E-state index contributed by atoms with van der Waals surface area (Å²) in [5, 5.41) is 9.58. The van der Waals surface area contributed by atoms with E-state index in [-0.39, 0.29) is 18.5 Å². The van der Waals surface area contributed by atoms with E-state index in [0.717, 1.165) is 32.1 Å². The van der Waals surface area contributed by atoms with Gasteiger partial charge < -0.3 is 5.11 Å². The average Bonchev–Trinajstić information content (AvgIpc) is 2.96. The molecule has 0 bridgehead atoms. The van der Waals surface area contributed by atoms with E-state index in [1.807, 2.05) is 6.92 Å². The molecule has 0 radical (unpaired) electrons. The number of aliphatic carboxylic acids is 1. The summed E-state index contributed by atoms with van der Waals surface area (Å²) in [5.74, 6) is -0.848. The summed E-state index contributed by atoms with van der Waals surface area (Å²) in [4.78, 5) is 11.7. The first-order valence-electron chi connectivity index (χ1n) is 7.88. The lowest BCUT2D eigenvalue weighted by molar-refractivity contribution is -0.149. The highest BCUT2D eigenvalue weighted by Gasteiger charge is 2.57. The highest BCUT2D eigenvalue weighted by atomic mass is 32.2. The molecule has 3 rings (SSSR count). The van der Waals surface area contributed by atoms with E-state index in [1.54, 1.807) is 4.31 Å². The Labute approximate surface area is 126 Å². The van der Waals surface area contributed by atoms with E-state index in [2.05, 4.69) is 0 Å². The Hall–Kier alpha value is -0.660. The maximum Gasteiger partial charge on any atom is 0.311 e. The highest BCUT2D eigenvalue weighted by molar-refractivity contribution is 7.86. The van der Waals surface area contributed by atoms with Crippen LogP contribution in [0.4, 0.5) is 0 Å². The molecule has 6 nitrogen and oxygen atoms in total. The SMILES string of the molecule is CC1CCCCN1S(=O)(=O)N1C[C@@H]2CCC[C@@]2(C(=O)O)C1. The zero-order valence-electron chi connectivity index (χ0n) is 12.5. The van der Waals surface area contributed by atoms with Crippen LogP contribution in [0.3, 0.4) is 0 Å². The molecule has 0 aromatic heterocycles. The zero-order chi connectivity index (χ0) is 15.3. The van der Waals surface area contributed by atoms with Crippen LogP contribution in [0.1, 0.15) is 45.4 Å². The van der Waals surface area contributed by atoms with Crippen LogP contribution in [0.15, 0.2) is 0 Å². The van der Waals surface area contributed by atoms with Crippen molar-refractivity contribution in [2.75, 3.05) is 19.6 Å². The van der Waals surface area contributed by atoms with E-state index < -0.39 is 21.6 Å². The Bertz CT molecular complexity index is 535. The van der Waals surface area contributed by atoms with Gasteiger partial charge in [-0.25, -0.2) is 0 Å². The molecular formula is C14H24N2O4S. The van der Waals surface area contributed by atoms with Crippen LogP contribution < -0.4 is 0 Å². The third-order valence-corrected chi connectivity index (χ3v) is 7.70. The number of hydrogen-bond acceptors (Lipinski definition) is 3. The second-order valence-electron chi connectivity index (χ2n) is 6.81. The number of nitrogens with zero attached hydrogens (tertiary/aromatic N) is 2. The summed E-state index contributed by atoms with van der Waals surface area (Å²) >= 11 is 0. The lowest BCUT2D eigenvalue weighted by atomic mass is 9.81. The number of rotatable bonds is 3. The maximum absolute atomic E-state index is 12.9. The van der Waals surface area contributed by atoms with Crippen molar-refractivity contribution in [2.24, 2.45) is 11.3 Å². The molecule has 3 atom stereocenters. The van der Waals surface area contributed by atoms with Gasteiger partial charge in [0.25, 0.3) is 10.2 Å². The summed E-state index contributed by atoms with van der Waals surface area (Å²) in [6.45, 7) is 3.03. The number of piperidine rings is 1. The Morgan fingerprint density at radius 2 is 2.00 bits per heavy atom. The molecule has 2 heterocycles. The topological polar surface area (TPSA) is 77.9 Å². The number of carboxylic acids is 1. The van der Waals surface area contributed by atoms with Gasteiger partial charge in [-0.05, 0) is 38.5 Å². The third kappa shape index (κ3) is 2.29. The first-order chi connectivity index (χ1) is 9.88. The molecule has 1 aliphatic carbocycles. The van der Waals surface area contributed by atoms with Crippen LogP contribution in [0.25, 0.3) is 0 Å². The van der Waals surface area contributed by atoms with Crippen molar-refractivity contribution >= 4 is 16.2 Å². The van der Waals surface area contributed by atoms with Crippen molar-refractivity contribution in [2.45, 2.75) is 51.5 Å². The molecule has 7 heteroatoms. The lowest BCUT2D eigenvalue weighted by Gasteiger charge is -2.35. The van der Waals surface area contributed by atoms with E-state index in [0.29, 0.717) is 19.5 Å². The fraction of sp³-hybridized carbons (Fsp3) is 0.929. The highest BCUT2D eigenvalue weighted by Crippen LogP contribution is 2.50. The molecule has 0 spiro atoms. The molecule has 0 amide bonds. The van der Waals surface area contributed by atoms with Crippen molar-refractivity contribution in [3.05, 3.63) is 0 Å². The predicted molar refractivity (Wildman–Crippen MR) is 77.9 cm³/mol. The molecule has 1 unspecified atom stereocenters. The molecule has 21 heavy (non-hydrogen) atoms. The van der Waals surface area contributed by atoms with E-state index in [4.69, 9.17) is 0 Å². The summed E-state index contributed by atoms with van der Waals surface area (Å²) in [5.41, 5.74) is -0.841. The van der Waals surface area contributed by atoms with Crippen LogP contribution in [0.5, 0.6) is 0 Å². The fourth-order valence-electron chi connectivity index (χ4n) is 4.33. The molecule has 3 aliphatic rings. The van der Waals surface area contributed by atoms with Gasteiger partial charge in [-0.15, -0.1) is 0 Å². The molecule has 120 valence electrons. The van der Waals surface area contributed by atoms with Crippen LogP contribution >= 0.6 is 0 Å². The zero-order valence-corrected chi connectivity index (χ0v) is 13.3. The number of hydrogen-bond donors (Lipinski definition) is 1. The first-order valence-corrected chi connectivity index (χ1v) is 9.28. The maximum atomic E-state index is 12.9. The second kappa shape index (κ2) is 5.21. The van der Waals surface area contributed by atoms with Gasteiger partial charge in [0.05, 0.1) is 5.41 Å². The Kier molecular flexibility index (Phi) is 3.78. The summed E-state index contributed by atoms with van der Waals surface area (Å²) in [7, 11) is -3.52.